The molecule has 0 bridgehead atoms. The van der Waals surface area contributed by atoms with Gasteiger partial charge in [0.05, 0.1) is 19.6 Å². The van der Waals surface area contributed by atoms with E-state index in [-0.39, 0.29) is 24.3 Å². The maximum absolute atomic E-state index is 13.0. The van der Waals surface area contributed by atoms with E-state index < -0.39 is 0 Å². The minimum absolute atomic E-state index is 0.000704. The molecule has 31 heavy (non-hydrogen) atoms. The number of nitrogens with one attached hydrogen (secondary N) is 1. The monoisotopic (exact) mass is 418 g/mol. The van der Waals surface area contributed by atoms with E-state index in [2.05, 4.69) is 5.32 Å². The van der Waals surface area contributed by atoms with Gasteiger partial charge in [-0.15, -0.1) is 0 Å². The summed E-state index contributed by atoms with van der Waals surface area (Å²) in [7, 11) is 3.31. The third-order valence-corrected chi connectivity index (χ3v) is 5.64. The van der Waals surface area contributed by atoms with Gasteiger partial charge in [-0.25, -0.2) is 0 Å². The van der Waals surface area contributed by atoms with Crippen molar-refractivity contribution in [3.05, 3.63) is 70.8 Å². The molecule has 3 rings (SSSR count). The Balaban J connectivity index is 1.69. The summed E-state index contributed by atoms with van der Waals surface area (Å²) in [5.41, 5.74) is 4.92. The van der Waals surface area contributed by atoms with E-state index in [1.54, 1.807) is 14.2 Å². The smallest absolute Gasteiger partial charge is 0.243 e. The molecule has 3 aromatic carbocycles. The molecule has 0 aliphatic carbocycles. The fourth-order valence-corrected chi connectivity index (χ4v) is 3.96. The van der Waals surface area contributed by atoms with Gasteiger partial charge in [-0.1, -0.05) is 42.0 Å². The number of methoxy groups -OCH3 is 1. The van der Waals surface area contributed by atoms with Crippen LogP contribution in [0, 0.1) is 20.8 Å². The van der Waals surface area contributed by atoms with E-state index in [1.807, 2.05) is 76.2 Å². The van der Waals surface area contributed by atoms with Crippen molar-refractivity contribution in [2.75, 3.05) is 26.0 Å². The Morgan fingerprint density at radius 3 is 2.23 bits per heavy atom. The van der Waals surface area contributed by atoms with Crippen molar-refractivity contribution in [3.8, 4) is 5.75 Å². The molecule has 162 valence electrons. The van der Waals surface area contributed by atoms with Crippen molar-refractivity contribution in [1.82, 2.24) is 4.90 Å². The number of amides is 2. The van der Waals surface area contributed by atoms with Crippen molar-refractivity contribution >= 4 is 28.3 Å². The lowest BCUT2D eigenvalue weighted by Gasteiger charge is -2.22. The van der Waals surface area contributed by atoms with Crippen LogP contribution >= 0.6 is 0 Å². The molecule has 1 atom stereocenters. The van der Waals surface area contributed by atoms with Gasteiger partial charge in [-0.3, -0.25) is 9.59 Å². The maximum atomic E-state index is 13.0. The second-order valence-corrected chi connectivity index (χ2v) is 8.21. The zero-order valence-electron chi connectivity index (χ0n) is 19.1. The van der Waals surface area contributed by atoms with E-state index in [0.29, 0.717) is 0 Å². The predicted molar refractivity (Wildman–Crippen MR) is 126 cm³/mol. The largest absolute Gasteiger partial charge is 0.497 e. The van der Waals surface area contributed by atoms with Crippen molar-refractivity contribution < 1.29 is 14.3 Å². The van der Waals surface area contributed by atoms with Crippen molar-refractivity contribution in [2.24, 2.45) is 0 Å². The van der Waals surface area contributed by atoms with E-state index in [0.717, 1.165) is 44.5 Å². The van der Waals surface area contributed by atoms with Gasteiger partial charge in [0.25, 0.3) is 0 Å². The highest BCUT2D eigenvalue weighted by molar-refractivity contribution is 5.97. The summed E-state index contributed by atoms with van der Waals surface area (Å²) in [5.74, 6) is 0.144. The van der Waals surface area contributed by atoms with E-state index >= 15 is 0 Å². The number of anilines is 1. The van der Waals surface area contributed by atoms with Crippen LogP contribution in [0.5, 0.6) is 5.75 Å². The molecular weight excluding hydrogens is 388 g/mol. The average Bonchev–Trinajstić information content (AvgIpc) is 2.74. The Kier molecular flexibility index (Phi) is 6.64. The number of benzene rings is 3. The molecule has 0 aromatic heterocycles. The van der Waals surface area contributed by atoms with Gasteiger partial charge in [0.15, 0.2) is 0 Å². The maximum Gasteiger partial charge on any atom is 0.243 e. The molecule has 3 aromatic rings. The first-order chi connectivity index (χ1) is 14.7. The summed E-state index contributed by atoms with van der Waals surface area (Å²) in [6.45, 7) is 7.85. The molecule has 0 aliphatic rings. The molecule has 1 N–H and O–H groups in total. The van der Waals surface area contributed by atoms with E-state index in [4.69, 9.17) is 4.74 Å². The topological polar surface area (TPSA) is 58.6 Å². The molecule has 0 heterocycles. The van der Waals surface area contributed by atoms with E-state index in [9.17, 15) is 9.59 Å². The zero-order chi connectivity index (χ0) is 22.7. The molecule has 0 spiro atoms. The molecule has 2 amide bonds. The fraction of sp³-hybridized carbons (Fsp3) is 0.308. The highest BCUT2D eigenvalue weighted by atomic mass is 16.5. The second-order valence-electron chi connectivity index (χ2n) is 8.21. The summed E-state index contributed by atoms with van der Waals surface area (Å²) < 4.78 is 5.27. The molecule has 0 saturated carbocycles. The minimum atomic E-state index is -0.354. The van der Waals surface area contributed by atoms with Crippen molar-refractivity contribution in [3.63, 3.8) is 0 Å². The number of likely N-dealkylation sites (N-methyl/N-ethyl adjacent to an activating group) is 1. The molecule has 0 aliphatic heterocycles. The normalized spacial score (nSPS) is 11.8. The van der Waals surface area contributed by atoms with Crippen molar-refractivity contribution in [2.45, 2.75) is 33.6 Å². The number of aryl methyl sites for hydroxylation is 3. The van der Waals surface area contributed by atoms with Gasteiger partial charge in [0.1, 0.15) is 5.75 Å². The Morgan fingerprint density at radius 1 is 0.968 bits per heavy atom. The first-order valence-corrected chi connectivity index (χ1v) is 10.4. The third-order valence-electron chi connectivity index (χ3n) is 5.64. The van der Waals surface area contributed by atoms with Crippen LogP contribution < -0.4 is 10.1 Å². The predicted octanol–water partition coefficient (Wildman–Crippen LogP) is 4.97. The fourth-order valence-electron chi connectivity index (χ4n) is 3.96. The van der Waals surface area contributed by atoms with Crippen LogP contribution in [0.4, 0.5) is 5.69 Å². The van der Waals surface area contributed by atoms with Crippen LogP contribution in [0.2, 0.25) is 0 Å². The van der Waals surface area contributed by atoms with Crippen LogP contribution in [0.3, 0.4) is 0 Å². The molecule has 0 unspecified atom stereocenters. The standard InChI is InChI=1S/C26H30N2O3/c1-16-11-17(2)25(18(3)12-16)27-24(29)15-28(5)26(30)19(4)20-7-8-22-14-23(31-6)10-9-21(22)13-20/h7-14,19H,15H2,1-6H3,(H,27,29)/t19-/m0/s1. The highest BCUT2D eigenvalue weighted by Crippen LogP contribution is 2.26. The van der Waals surface area contributed by atoms with Gasteiger partial charge in [0, 0.05) is 12.7 Å². The summed E-state index contributed by atoms with van der Waals surface area (Å²) in [5, 5.41) is 5.06. The Labute approximate surface area is 184 Å². The summed E-state index contributed by atoms with van der Waals surface area (Å²) in [4.78, 5) is 27.0. The van der Waals surface area contributed by atoms with Crippen LogP contribution in [0.25, 0.3) is 10.8 Å². The number of fused-ring (bicyclic) bond motifs is 1. The number of carbonyl (C=O) groups is 2. The minimum Gasteiger partial charge on any atom is -0.497 e. The molecule has 5 heteroatoms. The van der Waals surface area contributed by atoms with Gasteiger partial charge in [-0.05, 0) is 67.3 Å². The lowest BCUT2D eigenvalue weighted by Crippen LogP contribution is -2.37. The number of hydrogen-bond donors (Lipinski definition) is 1. The van der Waals surface area contributed by atoms with Gasteiger partial charge in [-0.2, -0.15) is 0 Å². The van der Waals surface area contributed by atoms with E-state index in [1.165, 1.54) is 4.90 Å². The number of ether oxygens (including phenoxy) is 1. The lowest BCUT2D eigenvalue weighted by molar-refractivity contribution is -0.134. The summed E-state index contributed by atoms with van der Waals surface area (Å²) in [6.07, 6.45) is 0. The van der Waals surface area contributed by atoms with Crippen molar-refractivity contribution in [1.29, 1.82) is 0 Å². The lowest BCUT2D eigenvalue weighted by atomic mass is 9.96. The Bertz CT molecular complexity index is 1110. The third kappa shape index (κ3) is 5.05. The number of rotatable bonds is 6. The van der Waals surface area contributed by atoms with Gasteiger partial charge >= 0.3 is 0 Å². The first kappa shape index (κ1) is 22.3. The van der Waals surface area contributed by atoms with Crippen LogP contribution in [-0.4, -0.2) is 37.4 Å². The van der Waals surface area contributed by atoms with Gasteiger partial charge in [0.2, 0.25) is 11.8 Å². The molecular formula is C26H30N2O3. The quantitative estimate of drug-likeness (QED) is 0.615. The zero-order valence-corrected chi connectivity index (χ0v) is 19.1. The van der Waals surface area contributed by atoms with Crippen LogP contribution in [0.15, 0.2) is 48.5 Å². The Hall–Kier alpha value is -3.34. The second kappa shape index (κ2) is 9.21. The summed E-state index contributed by atoms with van der Waals surface area (Å²) >= 11 is 0. The molecule has 0 radical (unpaired) electrons. The molecule has 0 fully saturated rings. The average molecular weight is 419 g/mol. The number of carbonyl (C=O) groups excluding carboxylic acids is 2. The first-order valence-electron chi connectivity index (χ1n) is 10.4. The van der Waals surface area contributed by atoms with Gasteiger partial charge < -0.3 is 15.0 Å². The SMILES string of the molecule is COc1ccc2cc([C@H](C)C(=O)N(C)CC(=O)Nc3c(C)cc(C)cc3C)ccc2c1. The number of hydrogen-bond acceptors (Lipinski definition) is 3. The van der Waals surface area contributed by atoms with Crippen LogP contribution in [-0.2, 0) is 9.59 Å². The van der Waals surface area contributed by atoms with Crippen LogP contribution in [0.1, 0.15) is 35.1 Å². The summed E-state index contributed by atoms with van der Waals surface area (Å²) in [6, 6.07) is 15.9. The highest BCUT2D eigenvalue weighted by Gasteiger charge is 2.22. The molecule has 0 saturated heterocycles. The molecule has 5 nitrogen and oxygen atoms in total. The Morgan fingerprint density at radius 2 is 1.58 bits per heavy atom. The number of nitrogens with zero attached hydrogens (tertiary/aromatic N) is 1.